The smallest absolute Gasteiger partial charge is 0.277 e. The molecule has 1 saturated heterocycles. The van der Waals surface area contributed by atoms with Crippen molar-refractivity contribution < 1.29 is 9.21 Å². The zero-order valence-electron chi connectivity index (χ0n) is 12.6. The average molecular weight is 353 g/mol. The molecule has 0 radical (unpaired) electrons. The SMILES string of the molecule is Cc1c(Cl)cccc1NC(=O)CSc1nnc(C2CCCN2)o1. The number of aromatic nitrogens is 2. The minimum absolute atomic E-state index is 0.139. The second-order valence-electron chi connectivity index (χ2n) is 5.30. The lowest BCUT2D eigenvalue weighted by molar-refractivity contribution is -0.113. The Morgan fingerprint density at radius 3 is 3.17 bits per heavy atom. The van der Waals surface area contributed by atoms with Crippen molar-refractivity contribution in [3.8, 4) is 0 Å². The highest BCUT2D eigenvalue weighted by Crippen LogP contribution is 2.26. The van der Waals surface area contributed by atoms with Crippen LogP contribution in [0.3, 0.4) is 0 Å². The molecule has 2 heterocycles. The Labute approximate surface area is 143 Å². The third kappa shape index (κ3) is 4.04. The van der Waals surface area contributed by atoms with Gasteiger partial charge in [-0.1, -0.05) is 29.4 Å². The Bertz CT molecular complexity index is 701. The van der Waals surface area contributed by atoms with Gasteiger partial charge in [0.2, 0.25) is 11.8 Å². The maximum absolute atomic E-state index is 12.0. The van der Waals surface area contributed by atoms with Gasteiger partial charge in [-0.05, 0) is 44.0 Å². The fourth-order valence-electron chi connectivity index (χ4n) is 2.37. The molecule has 1 aromatic carbocycles. The third-order valence-electron chi connectivity index (χ3n) is 3.65. The summed E-state index contributed by atoms with van der Waals surface area (Å²) in [4.78, 5) is 12.0. The van der Waals surface area contributed by atoms with E-state index in [-0.39, 0.29) is 17.7 Å². The van der Waals surface area contributed by atoms with E-state index in [4.69, 9.17) is 16.0 Å². The van der Waals surface area contributed by atoms with Crippen LogP contribution >= 0.6 is 23.4 Å². The molecule has 0 aliphatic carbocycles. The van der Waals surface area contributed by atoms with E-state index in [1.807, 2.05) is 13.0 Å². The van der Waals surface area contributed by atoms with Crippen molar-refractivity contribution in [1.82, 2.24) is 15.5 Å². The number of hydrogen-bond donors (Lipinski definition) is 2. The molecule has 1 aliphatic heterocycles. The van der Waals surface area contributed by atoms with E-state index < -0.39 is 0 Å². The van der Waals surface area contributed by atoms with Crippen molar-refractivity contribution in [2.45, 2.75) is 31.0 Å². The number of thioether (sulfide) groups is 1. The molecule has 1 atom stereocenters. The van der Waals surface area contributed by atoms with Crippen LogP contribution in [0.5, 0.6) is 0 Å². The Balaban J connectivity index is 1.53. The van der Waals surface area contributed by atoms with Crippen LogP contribution in [-0.4, -0.2) is 28.4 Å². The molecule has 1 aliphatic rings. The first-order valence-electron chi connectivity index (χ1n) is 7.38. The number of amides is 1. The first kappa shape index (κ1) is 16.3. The molecule has 1 aromatic heterocycles. The van der Waals surface area contributed by atoms with Gasteiger partial charge in [-0.2, -0.15) is 0 Å². The summed E-state index contributed by atoms with van der Waals surface area (Å²) in [6, 6.07) is 5.55. The second-order valence-corrected chi connectivity index (χ2v) is 6.64. The van der Waals surface area contributed by atoms with Gasteiger partial charge in [0.05, 0.1) is 11.8 Å². The van der Waals surface area contributed by atoms with E-state index in [1.165, 1.54) is 11.8 Å². The van der Waals surface area contributed by atoms with Gasteiger partial charge in [-0.25, -0.2) is 0 Å². The normalized spacial score (nSPS) is 17.4. The van der Waals surface area contributed by atoms with Crippen molar-refractivity contribution in [1.29, 1.82) is 0 Å². The van der Waals surface area contributed by atoms with Gasteiger partial charge < -0.3 is 15.1 Å². The topological polar surface area (TPSA) is 80.0 Å². The molecule has 23 heavy (non-hydrogen) atoms. The highest BCUT2D eigenvalue weighted by Gasteiger charge is 2.22. The van der Waals surface area contributed by atoms with E-state index >= 15 is 0 Å². The number of benzene rings is 1. The maximum atomic E-state index is 12.0. The van der Waals surface area contributed by atoms with E-state index in [2.05, 4.69) is 20.8 Å². The quantitative estimate of drug-likeness (QED) is 0.804. The number of carbonyl (C=O) groups is 1. The van der Waals surface area contributed by atoms with Gasteiger partial charge in [0.1, 0.15) is 0 Å². The van der Waals surface area contributed by atoms with Gasteiger partial charge in [0, 0.05) is 10.7 Å². The standard InChI is InChI=1S/C15H17ClN4O2S/c1-9-10(16)4-2-5-11(9)18-13(21)8-23-15-20-19-14(22-15)12-6-3-7-17-12/h2,4-5,12,17H,3,6-8H2,1H3,(H,18,21). The number of hydrogen-bond acceptors (Lipinski definition) is 6. The summed E-state index contributed by atoms with van der Waals surface area (Å²) in [6.45, 7) is 2.83. The summed E-state index contributed by atoms with van der Waals surface area (Å²) >= 11 is 7.26. The minimum Gasteiger partial charge on any atom is -0.414 e. The molecule has 2 N–H and O–H groups in total. The van der Waals surface area contributed by atoms with E-state index in [9.17, 15) is 4.79 Å². The minimum atomic E-state index is -0.140. The predicted octanol–water partition coefficient (Wildman–Crippen LogP) is 3.19. The third-order valence-corrected chi connectivity index (χ3v) is 4.88. The van der Waals surface area contributed by atoms with E-state index in [0.717, 1.165) is 24.9 Å². The molecule has 0 saturated carbocycles. The lowest BCUT2D eigenvalue weighted by atomic mass is 10.2. The van der Waals surface area contributed by atoms with Crippen LogP contribution < -0.4 is 10.6 Å². The number of halogens is 1. The lowest BCUT2D eigenvalue weighted by Crippen LogP contribution is -2.14. The number of carbonyl (C=O) groups excluding carboxylic acids is 1. The van der Waals surface area contributed by atoms with Gasteiger partial charge in [0.25, 0.3) is 5.22 Å². The highest BCUT2D eigenvalue weighted by molar-refractivity contribution is 7.99. The van der Waals surface area contributed by atoms with Crippen molar-refractivity contribution in [2.75, 3.05) is 17.6 Å². The number of nitrogens with one attached hydrogen (secondary N) is 2. The molecular weight excluding hydrogens is 336 g/mol. The molecule has 122 valence electrons. The Hall–Kier alpha value is -1.57. The monoisotopic (exact) mass is 352 g/mol. The van der Waals surface area contributed by atoms with Crippen molar-refractivity contribution in [3.05, 3.63) is 34.7 Å². The molecule has 1 unspecified atom stereocenters. The molecule has 8 heteroatoms. The predicted molar refractivity (Wildman–Crippen MR) is 89.8 cm³/mol. The van der Waals surface area contributed by atoms with Gasteiger partial charge in [0.15, 0.2) is 0 Å². The second kappa shape index (κ2) is 7.33. The summed E-state index contributed by atoms with van der Waals surface area (Å²) in [5, 5.41) is 15.2. The van der Waals surface area contributed by atoms with E-state index in [1.54, 1.807) is 12.1 Å². The Kier molecular flexibility index (Phi) is 5.20. The van der Waals surface area contributed by atoms with E-state index in [0.29, 0.717) is 21.8 Å². The maximum Gasteiger partial charge on any atom is 0.277 e. The number of rotatable bonds is 5. The van der Waals surface area contributed by atoms with Crippen LogP contribution in [0.25, 0.3) is 0 Å². The van der Waals surface area contributed by atoms with Gasteiger partial charge in [-0.15, -0.1) is 10.2 Å². The molecular formula is C15H17ClN4O2S. The van der Waals surface area contributed by atoms with Crippen LogP contribution in [0, 0.1) is 6.92 Å². The molecule has 6 nitrogen and oxygen atoms in total. The largest absolute Gasteiger partial charge is 0.414 e. The molecule has 0 bridgehead atoms. The van der Waals surface area contributed by atoms with Gasteiger partial charge >= 0.3 is 0 Å². The first-order valence-corrected chi connectivity index (χ1v) is 8.74. The van der Waals surface area contributed by atoms with Crippen LogP contribution in [-0.2, 0) is 4.79 Å². The molecule has 0 spiro atoms. The van der Waals surface area contributed by atoms with Crippen molar-refractivity contribution in [3.63, 3.8) is 0 Å². The average Bonchev–Trinajstić information content (AvgIpc) is 3.20. The first-order chi connectivity index (χ1) is 11.1. The fourth-order valence-corrected chi connectivity index (χ4v) is 3.12. The van der Waals surface area contributed by atoms with Crippen LogP contribution in [0.2, 0.25) is 5.02 Å². The Morgan fingerprint density at radius 1 is 1.52 bits per heavy atom. The summed E-state index contributed by atoms with van der Waals surface area (Å²) in [5.74, 6) is 0.654. The zero-order chi connectivity index (χ0) is 16.2. The molecule has 3 rings (SSSR count). The fraction of sp³-hybridized carbons (Fsp3) is 0.400. The zero-order valence-corrected chi connectivity index (χ0v) is 14.2. The lowest BCUT2D eigenvalue weighted by Gasteiger charge is -2.08. The molecule has 1 fully saturated rings. The summed E-state index contributed by atoms with van der Waals surface area (Å²) < 4.78 is 5.59. The highest BCUT2D eigenvalue weighted by atomic mass is 35.5. The summed E-state index contributed by atoms with van der Waals surface area (Å²) in [7, 11) is 0. The molecule has 2 aromatic rings. The number of nitrogens with zero attached hydrogens (tertiary/aromatic N) is 2. The summed E-state index contributed by atoms with van der Waals surface area (Å²) in [5.41, 5.74) is 1.56. The summed E-state index contributed by atoms with van der Waals surface area (Å²) in [6.07, 6.45) is 2.11. The van der Waals surface area contributed by atoms with Gasteiger partial charge in [-0.3, -0.25) is 4.79 Å². The van der Waals surface area contributed by atoms with Crippen LogP contribution in [0.1, 0.15) is 30.3 Å². The molecule has 1 amide bonds. The van der Waals surface area contributed by atoms with Crippen molar-refractivity contribution in [2.24, 2.45) is 0 Å². The van der Waals surface area contributed by atoms with Crippen LogP contribution in [0.4, 0.5) is 5.69 Å². The van der Waals surface area contributed by atoms with Crippen molar-refractivity contribution >= 4 is 35.0 Å². The van der Waals surface area contributed by atoms with Crippen LogP contribution in [0.15, 0.2) is 27.8 Å². The number of anilines is 1. The Morgan fingerprint density at radius 2 is 2.39 bits per heavy atom.